The Kier molecular flexibility index (Phi) is 34.0. The number of hydrogen-bond acceptors (Lipinski definition) is 27. The Morgan fingerprint density at radius 3 is 1.27 bits per heavy atom. The topological polar surface area (TPSA) is 456 Å². The van der Waals surface area contributed by atoms with Gasteiger partial charge in [0.25, 0.3) is 29.1 Å². The summed E-state index contributed by atoms with van der Waals surface area (Å²) in [4.78, 5) is 89.1. The average Bonchev–Trinajstić information content (AvgIpc) is 1.62. The summed E-state index contributed by atoms with van der Waals surface area (Å²) >= 11 is 3.18. The van der Waals surface area contributed by atoms with Gasteiger partial charge in [-0.3, -0.25) is 39.4 Å². The van der Waals surface area contributed by atoms with Crippen molar-refractivity contribution >= 4 is 108 Å². The number of halogens is 1. The quantitative estimate of drug-likeness (QED) is 0.0113. The molecule has 0 spiro atoms. The number of nitrogens with zero attached hydrogens (tertiary/aromatic N) is 5. The summed E-state index contributed by atoms with van der Waals surface area (Å²) in [7, 11) is -8.79. The molecule has 5 N–H and O–H groups in total. The zero-order valence-corrected chi connectivity index (χ0v) is 74.9. The number of amides is 4. The molecule has 8 aromatic carbocycles. The molecule has 8 aromatic rings. The van der Waals surface area contributed by atoms with Gasteiger partial charge in [0.15, 0.2) is 34.5 Å². The summed E-state index contributed by atoms with van der Waals surface area (Å²) in [6, 6.07) is 39.4. The summed E-state index contributed by atoms with van der Waals surface area (Å²) in [5.74, 6) is 0.951. The minimum absolute atomic E-state index is 0.000422. The Labute approximate surface area is 723 Å². The lowest BCUT2D eigenvalue weighted by molar-refractivity contribution is -0.385. The summed E-state index contributed by atoms with van der Waals surface area (Å²) in [6.07, 6.45) is 6.30. The second-order valence-electron chi connectivity index (χ2n) is 28.8. The third-order valence-corrected chi connectivity index (χ3v) is 23.8. The minimum atomic E-state index is -3.49. The SMILES string of the molecule is CCOC(=O)c1c(CBr)cccc1[N+](=O)[O-].CCOc1cc([C@@H](CS(C)(=O)=O)N2Cc3cccc(N)c3C2=O)ccc1OC.CCOc1cc([C@@H](CS(C)(=O)=O)N2Cc3cccc(NC(=O)C4CC4)c3C2=O)ccc1OC.CCOc1cc([C@@H](CS(C)(=O)=O)N2Cc3cccc([N+](=O)[O-])c3C2=O)ccc1OC.CCOc1cccc([C@H](N)CS(C)(=O)=O)c1. The van der Waals surface area contributed by atoms with E-state index in [0.29, 0.717) is 129 Å². The molecule has 3 heterocycles. The van der Waals surface area contributed by atoms with E-state index in [1.165, 1.54) is 56.8 Å². The highest BCUT2D eigenvalue weighted by Gasteiger charge is 2.43. The van der Waals surface area contributed by atoms with Crippen LogP contribution in [0, 0.1) is 26.1 Å². The number of nitro groups is 2. The molecule has 1 aliphatic carbocycles. The molecule has 33 nitrogen and oxygen atoms in total. The number of hydrogen-bond donors (Lipinski definition) is 3. The monoisotopic (exact) mass is 1840 g/mol. The third kappa shape index (κ3) is 26.1. The van der Waals surface area contributed by atoms with Crippen molar-refractivity contribution in [1.82, 2.24) is 14.7 Å². The number of anilines is 2. The number of sulfone groups is 4. The Morgan fingerprint density at radius 1 is 0.480 bits per heavy atom. The number of nitrogens with two attached hydrogens (primary N) is 2. The highest BCUT2D eigenvalue weighted by molar-refractivity contribution is 9.08. The van der Waals surface area contributed by atoms with Crippen LogP contribution in [0.1, 0.15) is 158 Å². The second-order valence-corrected chi connectivity index (χ2v) is 38.1. The van der Waals surface area contributed by atoms with Crippen LogP contribution in [0.5, 0.6) is 40.2 Å². The van der Waals surface area contributed by atoms with Crippen LogP contribution in [-0.2, 0) is 73.8 Å². The molecule has 0 radical (unpaired) electrons. The van der Waals surface area contributed by atoms with Gasteiger partial charge in [-0.2, -0.15) is 0 Å². The number of ether oxygens (including phenoxy) is 8. The lowest BCUT2D eigenvalue weighted by Crippen LogP contribution is -2.34. The number of benzene rings is 8. The maximum atomic E-state index is 13.5. The van der Waals surface area contributed by atoms with E-state index in [0.717, 1.165) is 48.3 Å². The maximum Gasteiger partial charge on any atom is 0.345 e. The standard InChI is InChI=1S/C24H28N2O6S.C20H22N2O7S.C20H24N2O5S.C11H17NO3S.C10H10BrNO4/c1-4-32-21-12-16(10-11-20(21)31-2)19(14-33(3,29)30)26-13-17-6-5-7-18(22(17)24(26)28)25-23(27)15-8-9-15;1-4-29-18-10-13(8-9-17(18)28-2)16(12-30(3,26)27)21-11-14-6-5-7-15(22(24)25)19(14)20(21)23;1-4-27-18-10-13(8-9-17(18)26-2)16(12-28(3,24)25)22-11-14-6-5-7-15(21)19(14)20(22)23;1-3-15-10-6-4-5-9(7-10)11(12)8-16(2,13)14;1-2-16-10(13)9-7(6-11)4-3-5-8(9)12(14)15/h5-7,10-12,15,19H,4,8-9,13-14H2,1-3H3,(H,25,27);5-10,16H,4,11-12H2,1-3H3;5-10,16H,4,11-12,21H2,1-3H3;4-7,11H,3,8,12H2,1-2H3;3-5H,2,6H2,1H3/t19-;2*16-;11-;/m1111./s1. The van der Waals surface area contributed by atoms with Crippen LogP contribution in [0.15, 0.2) is 152 Å². The van der Waals surface area contributed by atoms with E-state index >= 15 is 0 Å². The molecule has 0 unspecified atom stereocenters. The van der Waals surface area contributed by atoms with E-state index in [9.17, 15) is 77.9 Å². The summed E-state index contributed by atoms with van der Waals surface area (Å²) < 4.78 is 138. The summed E-state index contributed by atoms with van der Waals surface area (Å²) in [6.45, 7) is 11.6. The van der Waals surface area contributed by atoms with Crippen molar-refractivity contribution in [3.05, 3.63) is 239 Å². The predicted octanol–water partition coefficient (Wildman–Crippen LogP) is 12.1. The lowest BCUT2D eigenvalue weighted by Gasteiger charge is -2.28. The Hall–Kier alpha value is -11.5. The molecule has 4 amide bonds. The molecule has 0 aromatic heterocycles. The van der Waals surface area contributed by atoms with Gasteiger partial charge >= 0.3 is 5.97 Å². The fourth-order valence-corrected chi connectivity index (χ4v) is 18.1. The first-order chi connectivity index (χ1) is 58.2. The molecule has 4 aliphatic rings. The van der Waals surface area contributed by atoms with Gasteiger partial charge < -0.3 is 69.4 Å². The number of alkyl halides is 1. The van der Waals surface area contributed by atoms with Gasteiger partial charge in [-0.05, 0) is 153 Å². The van der Waals surface area contributed by atoms with Gasteiger partial charge in [0.1, 0.15) is 56.2 Å². The first kappa shape index (κ1) is 97.0. The van der Waals surface area contributed by atoms with E-state index in [4.69, 9.17) is 49.4 Å². The molecule has 38 heteroatoms. The number of methoxy groups -OCH3 is 3. The molecule has 123 heavy (non-hydrogen) atoms. The van der Waals surface area contributed by atoms with Crippen molar-refractivity contribution in [1.29, 1.82) is 0 Å². The van der Waals surface area contributed by atoms with E-state index in [1.807, 2.05) is 45.0 Å². The number of nitro benzene ring substituents is 2. The van der Waals surface area contributed by atoms with Gasteiger partial charge in [-0.25, -0.2) is 38.5 Å². The Bertz CT molecular complexity index is 5700. The van der Waals surface area contributed by atoms with Crippen molar-refractivity contribution in [2.75, 3.05) is 113 Å². The van der Waals surface area contributed by atoms with E-state index in [1.54, 1.807) is 127 Å². The largest absolute Gasteiger partial charge is 0.494 e. The van der Waals surface area contributed by atoms with Crippen LogP contribution >= 0.6 is 15.9 Å². The molecule has 1 saturated carbocycles. The van der Waals surface area contributed by atoms with E-state index < -0.39 is 85.2 Å². The summed E-state index contributed by atoms with van der Waals surface area (Å²) in [5, 5.41) is 25.4. The van der Waals surface area contributed by atoms with Crippen molar-refractivity contribution in [2.24, 2.45) is 11.7 Å². The third-order valence-electron chi connectivity index (χ3n) is 19.5. The van der Waals surface area contributed by atoms with Crippen LogP contribution in [0.3, 0.4) is 0 Å². The van der Waals surface area contributed by atoms with Gasteiger partial charge in [0, 0.05) is 79.8 Å². The highest BCUT2D eigenvalue weighted by atomic mass is 79.9. The van der Waals surface area contributed by atoms with Crippen LogP contribution in [0.25, 0.3) is 0 Å². The van der Waals surface area contributed by atoms with E-state index in [-0.39, 0.29) is 88.8 Å². The molecule has 0 bridgehead atoms. The number of fused-ring (bicyclic) bond motifs is 3. The first-order valence-electron chi connectivity index (χ1n) is 38.8. The molecule has 3 aliphatic heterocycles. The number of carbonyl (C=O) groups excluding carboxylic acids is 5. The number of rotatable bonds is 33. The van der Waals surface area contributed by atoms with Crippen molar-refractivity contribution in [2.45, 2.75) is 96.6 Å². The minimum Gasteiger partial charge on any atom is -0.494 e. The predicted molar refractivity (Wildman–Crippen MR) is 467 cm³/mol. The molecule has 12 rings (SSSR count). The van der Waals surface area contributed by atoms with Gasteiger partial charge in [0.05, 0.1) is 122 Å². The number of nitrogens with one attached hydrogen (secondary N) is 1. The fourth-order valence-electron chi connectivity index (χ4n) is 13.9. The molecular weight excluding hydrogens is 1740 g/mol. The Balaban J connectivity index is 0.000000196. The van der Waals surface area contributed by atoms with E-state index in [2.05, 4.69) is 21.2 Å². The maximum absolute atomic E-state index is 13.5. The average molecular weight is 1840 g/mol. The number of nitrogen functional groups attached to an aromatic ring is 1. The van der Waals surface area contributed by atoms with Gasteiger partial charge in [0.2, 0.25) is 5.91 Å². The van der Waals surface area contributed by atoms with Crippen LogP contribution < -0.4 is 49.9 Å². The Morgan fingerprint density at radius 2 is 0.870 bits per heavy atom. The van der Waals surface area contributed by atoms with Crippen LogP contribution in [0.2, 0.25) is 0 Å². The molecule has 0 saturated heterocycles. The van der Waals surface area contributed by atoms with Crippen molar-refractivity contribution in [3.63, 3.8) is 0 Å². The summed E-state index contributed by atoms with van der Waals surface area (Å²) in [5.41, 5.74) is 18.2. The van der Waals surface area contributed by atoms with Crippen molar-refractivity contribution in [3.8, 4) is 40.2 Å². The smallest absolute Gasteiger partial charge is 0.345 e. The normalized spacial score (nSPS) is 14.3. The van der Waals surface area contributed by atoms with Gasteiger partial charge in [-0.15, -0.1) is 0 Å². The lowest BCUT2D eigenvalue weighted by atomic mass is 10.1. The van der Waals surface area contributed by atoms with Crippen molar-refractivity contribution < 1.29 is 105 Å². The molecule has 1 fully saturated rings. The first-order valence-corrected chi connectivity index (χ1v) is 48.1. The second kappa shape index (κ2) is 43.1. The molecule has 4 atom stereocenters. The van der Waals surface area contributed by atoms with Crippen LogP contribution in [0.4, 0.5) is 22.7 Å². The number of esters is 1. The zero-order chi connectivity index (χ0) is 90.6. The number of carbonyl (C=O) groups is 5. The van der Waals surface area contributed by atoms with Gasteiger partial charge in [-0.1, -0.05) is 94.8 Å². The van der Waals surface area contributed by atoms with Crippen LogP contribution in [-0.4, -0.2) is 190 Å². The molecular formula is C85H101BrN8O25S4. The zero-order valence-electron chi connectivity index (χ0n) is 70.0. The fraction of sp³-hybridized carbons (Fsp3) is 0.376. The highest BCUT2D eigenvalue weighted by Crippen LogP contribution is 2.44. The molecule has 662 valence electrons.